The second kappa shape index (κ2) is 12.1. The Balaban J connectivity index is 1.90. The van der Waals surface area contributed by atoms with Crippen LogP contribution in [0.15, 0.2) is 60.2 Å². The van der Waals surface area contributed by atoms with Crippen molar-refractivity contribution in [3.63, 3.8) is 0 Å². The van der Waals surface area contributed by atoms with Gasteiger partial charge < -0.3 is 9.84 Å². The predicted octanol–water partition coefficient (Wildman–Crippen LogP) is 7.08. The Morgan fingerprint density at radius 2 is 1.59 bits per heavy atom. The molecular weight excluding hydrogens is 500 g/mol. The third-order valence-electron chi connectivity index (χ3n) is 6.63. The first-order chi connectivity index (χ1) is 17.4. The highest BCUT2D eigenvalue weighted by Gasteiger charge is 2.33. The molecule has 202 valence electrons. The molecule has 1 heterocycles. The predicted molar refractivity (Wildman–Crippen MR) is 126 cm³/mol. The lowest BCUT2D eigenvalue weighted by molar-refractivity contribution is -0.138. The summed E-state index contributed by atoms with van der Waals surface area (Å²) >= 11 is 0. The van der Waals surface area contributed by atoms with E-state index in [4.69, 9.17) is 4.74 Å². The molecule has 0 bridgehead atoms. The molecule has 1 aliphatic rings. The molecule has 0 amide bonds. The second-order valence-corrected chi connectivity index (χ2v) is 9.18. The van der Waals surface area contributed by atoms with Gasteiger partial charge in [0.05, 0.1) is 11.1 Å². The third-order valence-corrected chi connectivity index (χ3v) is 6.63. The van der Waals surface area contributed by atoms with Crippen molar-refractivity contribution in [3.8, 4) is 0 Å². The zero-order chi connectivity index (χ0) is 27.2. The van der Waals surface area contributed by atoms with Crippen molar-refractivity contribution < 1.29 is 41.0 Å². The van der Waals surface area contributed by atoms with E-state index in [0.717, 1.165) is 35.9 Å². The zero-order valence-electron chi connectivity index (χ0n) is 20.3. The van der Waals surface area contributed by atoms with Crippen molar-refractivity contribution in [1.82, 2.24) is 4.90 Å². The fraction of sp³-hybridized carbons (Fsp3) is 0.444. The van der Waals surface area contributed by atoms with Gasteiger partial charge in [0.25, 0.3) is 0 Å². The number of aliphatic carboxylic acids is 1. The van der Waals surface area contributed by atoms with E-state index in [2.05, 4.69) is 4.90 Å². The van der Waals surface area contributed by atoms with Crippen molar-refractivity contribution in [3.05, 3.63) is 82.4 Å². The molecule has 1 N–H and O–H groups in total. The number of carbonyl (C=O) groups is 1. The maximum atomic E-state index is 13.1. The van der Waals surface area contributed by atoms with Gasteiger partial charge in [-0.1, -0.05) is 29.8 Å². The molecule has 0 saturated carbocycles. The van der Waals surface area contributed by atoms with Gasteiger partial charge in [0.2, 0.25) is 0 Å². The molecule has 2 aromatic carbocycles. The summed E-state index contributed by atoms with van der Waals surface area (Å²) in [5.41, 5.74) is 0.506. The SMILES string of the molecule is COCCC[C@@H](CN1CC/C(=C/C(=O)O)C[C@H]1c1ccc(C(F)(F)F)cc1)c1ccc(C(F)(F)F)cc1. The normalized spacial score (nSPS) is 19.2. The summed E-state index contributed by atoms with van der Waals surface area (Å²) < 4.78 is 83.6. The number of carboxylic acid groups (broad SMARTS) is 1. The zero-order valence-corrected chi connectivity index (χ0v) is 20.3. The standard InChI is InChI=1S/C27H29F6NO3/c1-37-14-2-3-21(19-4-8-22(9-5-19)26(28,29)30)17-34-13-12-18(16-25(35)36)15-24(34)20-6-10-23(11-7-20)27(31,32)33/h4-11,16,21,24H,2-3,12-15,17H2,1H3,(H,35,36)/b18-16-/t21-,24-/m0/s1. The quantitative estimate of drug-likeness (QED) is 0.214. The van der Waals surface area contributed by atoms with Gasteiger partial charge in [0.15, 0.2) is 0 Å². The first-order valence-electron chi connectivity index (χ1n) is 11.9. The highest BCUT2D eigenvalue weighted by atomic mass is 19.4. The Labute approximate surface area is 211 Å². The summed E-state index contributed by atoms with van der Waals surface area (Å²) in [6.07, 6.45) is -5.68. The maximum Gasteiger partial charge on any atom is 0.416 e. The number of benzene rings is 2. The third kappa shape index (κ3) is 8.07. The van der Waals surface area contributed by atoms with Crippen LogP contribution in [0.2, 0.25) is 0 Å². The number of hydrogen-bond donors (Lipinski definition) is 1. The van der Waals surface area contributed by atoms with Crippen LogP contribution in [-0.2, 0) is 21.9 Å². The van der Waals surface area contributed by atoms with Crippen LogP contribution in [0.1, 0.15) is 59.9 Å². The summed E-state index contributed by atoms with van der Waals surface area (Å²) in [7, 11) is 1.56. The molecule has 4 nitrogen and oxygen atoms in total. The van der Waals surface area contributed by atoms with Gasteiger partial charge in [-0.15, -0.1) is 0 Å². The van der Waals surface area contributed by atoms with E-state index in [1.54, 1.807) is 7.11 Å². The summed E-state index contributed by atoms with van der Waals surface area (Å²) in [5, 5.41) is 9.20. The van der Waals surface area contributed by atoms with Gasteiger partial charge in [-0.05, 0) is 67.0 Å². The highest BCUT2D eigenvalue weighted by molar-refractivity contribution is 5.80. The van der Waals surface area contributed by atoms with Gasteiger partial charge in [0.1, 0.15) is 0 Å². The minimum Gasteiger partial charge on any atom is -0.478 e. The first kappa shape index (κ1) is 28.7. The van der Waals surface area contributed by atoms with Crippen LogP contribution in [-0.4, -0.2) is 42.8 Å². The number of likely N-dealkylation sites (tertiary alicyclic amines) is 1. The lowest BCUT2D eigenvalue weighted by atomic mass is 9.87. The second-order valence-electron chi connectivity index (χ2n) is 9.18. The minimum absolute atomic E-state index is 0.153. The number of piperidine rings is 1. The molecule has 0 spiro atoms. The molecule has 0 aromatic heterocycles. The lowest BCUT2D eigenvalue weighted by Crippen LogP contribution is -2.37. The van der Waals surface area contributed by atoms with E-state index in [0.29, 0.717) is 56.5 Å². The maximum absolute atomic E-state index is 13.1. The summed E-state index contributed by atoms with van der Waals surface area (Å²) in [6, 6.07) is 9.49. The molecule has 0 unspecified atom stereocenters. The van der Waals surface area contributed by atoms with Crippen LogP contribution in [0, 0.1) is 0 Å². The van der Waals surface area contributed by atoms with Crippen LogP contribution in [0.4, 0.5) is 26.3 Å². The van der Waals surface area contributed by atoms with Gasteiger partial charge in [-0.3, -0.25) is 4.90 Å². The van der Waals surface area contributed by atoms with E-state index in [1.165, 1.54) is 24.3 Å². The van der Waals surface area contributed by atoms with Crippen molar-refractivity contribution in [2.75, 3.05) is 26.8 Å². The van der Waals surface area contributed by atoms with E-state index in [1.807, 2.05) is 0 Å². The summed E-state index contributed by atoms with van der Waals surface area (Å²) in [4.78, 5) is 13.3. The molecule has 37 heavy (non-hydrogen) atoms. The molecule has 1 aliphatic heterocycles. The molecule has 10 heteroatoms. The Hall–Kier alpha value is -2.85. The average molecular weight is 530 g/mol. The van der Waals surface area contributed by atoms with Crippen molar-refractivity contribution in [1.29, 1.82) is 0 Å². The number of alkyl halides is 6. The number of hydrogen-bond acceptors (Lipinski definition) is 3. The Morgan fingerprint density at radius 1 is 1.03 bits per heavy atom. The molecule has 1 saturated heterocycles. The van der Waals surface area contributed by atoms with Crippen LogP contribution < -0.4 is 0 Å². The van der Waals surface area contributed by atoms with Crippen LogP contribution in [0.3, 0.4) is 0 Å². The highest BCUT2D eigenvalue weighted by Crippen LogP contribution is 2.38. The molecular formula is C27H29F6NO3. The van der Waals surface area contributed by atoms with Crippen LogP contribution in [0.25, 0.3) is 0 Å². The Bertz CT molecular complexity index is 1060. The fourth-order valence-electron chi connectivity index (χ4n) is 4.73. The molecule has 3 rings (SSSR count). The average Bonchev–Trinajstić information content (AvgIpc) is 2.83. The minimum atomic E-state index is -4.48. The van der Waals surface area contributed by atoms with E-state index in [9.17, 15) is 36.2 Å². The number of halogens is 6. The fourth-order valence-corrected chi connectivity index (χ4v) is 4.73. The topological polar surface area (TPSA) is 49.8 Å². The lowest BCUT2D eigenvalue weighted by Gasteiger charge is -2.39. The van der Waals surface area contributed by atoms with Gasteiger partial charge in [-0.2, -0.15) is 26.3 Å². The van der Waals surface area contributed by atoms with Crippen molar-refractivity contribution in [2.45, 2.75) is 50.0 Å². The van der Waals surface area contributed by atoms with Crippen molar-refractivity contribution in [2.24, 2.45) is 0 Å². The largest absolute Gasteiger partial charge is 0.478 e. The molecule has 0 radical (unpaired) electrons. The van der Waals surface area contributed by atoms with E-state index >= 15 is 0 Å². The number of methoxy groups -OCH3 is 1. The van der Waals surface area contributed by atoms with E-state index in [-0.39, 0.29) is 12.0 Å². The van der Waals surface area contributed by atoms with Crippen molar-refractivity contribution >= 4 is 5.97 Å². The Kier molecular flexibility index (Phi) is 9.41. The Morgan fingerprint density at radius 3 is 2.11 bits per heavy atom. The number of carboxylic acids is 1. The first-order valence-corrected chi connectivity index (χ1v) is 11.9. The molecule has 0 aliphatic carbocycles. The molecule has 2 atom stereocenters. The van der Waals surface area contributed by atoms with Gasteiger partial charge in [-0.25, -0.2) is 4.79 Å². The van der Waals surface area contributed by atoms with E-state index < -0.39 is 29.4 Å². The molecule has 1 fully saturated rings. The van der Waals surface area contributed by atoms with Gasteiger partial charge >= 0.3 is 18.3 Å². The smallest absolute Gasteiger partial charge is 0.416 e. The van der Waals surface area contributed by atoms with Crippen LogP contribution in [0.5, 0.6) is 0 Å². The molecule has 2 aromatic rings. The monoisotopic (exact) mass is 529 g/mol. The summed E-state index contributed by atoms with van der Waals surface area (Å²) in [5.74, 6) is -1.24. The number of rotatable bonds is 9. The number of nitrogens with zero attached hydrogens (tertiary/aromatic N) is 1. The number of ether oxygens (including phenoxy) is 1. The summed E-state index contributed by atoms with van der Waals surface area (Å²) in [6.45, 7) is 1.39. The van der Waals surface area contributed by atoms with Crippen LogP contribution >= 0.6 is 0 Å². The van der Waals surface area contributed by atoms with Gasteiger partial charge in [0, 0.05) is 38.9 Å².